The summed E-state index contributed by atoms with van der Waals surface area (Å²) in [5.74, 6) is 0.735. The molecule has 2 fully saturated rings. The Balaban J connectivity index is 1.57. The largest absolute Gasteiger partial charge is 0.376 e. The molecule has 3 heterocycles. The number of nitrogens with zero attached hydrogens (tertiary/aromatic N) is 1. The number of likely N-dealkylation sites (tertiary alicyclic amines) is 1. The molecule has 0 unspecified atom stereocenters. The monoisotopic (exact) mass is 330 g/mol. The lowest BCUT2D eigenvalue weighted by molar-refractivity contribution is 0.0943. The van der Waals surface area contributed by atoms with E-state index in [1.54, 1.807) is 11.3 Å². The van der Waals surface area contributed by atoms with Crippen LogP contribution in [0.2, 0.25) is 0 Å². The molecule has 0 aromatic carbocycles. The van der Waals surface area contributed by atoms with Crippen molar-refractivity contribution in [2.45, 2.75) is 19.6 Å². The zero-order valence-electron chi connectivity index (χ0n) is 12.4. The minimum Gasteiger partial charge on any atom is -0.376 e. The fourth-order valence-electron chi connectivity index (χ4n) is 3.25. The fraction of sp³-hybridized carbons (Fsp3) is 0.714. The normalized spacial score (nSPS) is 29.9. The predicted molar refractivity (Wildman–Crippen MR) is 83.9 cm³/mol. The van der Waals surface area contributed by atoms with Gasteiger partial charge in [0.15, 0.2) is 0 Å². The number of hydrogen-bond acceptors (Lipinski definition) is 5. The van der Waals surface area contributed by atoms with Gasteiger partial charge >= 0.3 is 0 Å². The molecule has 2 saturated heterocycles. The summed E-state index contributed by atoms with van der Waals surface area (Å²) in [6.07, 6.45) is 1.47. The molecule has 3 atom stereocenters. The van der Waals surface area contributed by atoms with Gasteiger partial charge in [0, 0.05) is 42.9 Å². The third kappa shape index (κ3) is 3.65. The summed E-state index contributed by atoms with van der Waals surface area (Å²) in [6, 6.07) is 2.16. The number of thiophene rings is 1. The molecule has 2 aliphatic rings. The van der Waals surface area contributed by atoms with Gasteiger partial charge in [-0.05, 0) is 23.9 Å². The average Bonchev–Trinajstić information content (AvgIpc) is 3.04. The van der Waals surface area contributed by atoms with Crippen LogP contribution in [0.3, 0.4) is 0 Å². The van der Waals surface area contributed by atoms with Crippen LogP contribution in [-0.2, 0) is 21.3 Å². The van der Waals surface area contributed by atoms with Crippen LogP contribution in [0.5, 0.6) is 0 Å². The Kier molecular flexibility index (Phi) is 4.38. The van der Waals surface area contributed by atoms with E-state index >= 15 is 0 Å². The quantitative estimate of drug-likeness (QED) is 0.877. The van der Waals surface area contributed by atoms with Crippen LogP contribution < -0.4 is 4.72 Å². The first-order valence-electron chi connectivity index (χ1n) is 7.24. The number of hydrogen-bond donors (Lipinski definition) is 1. The highest BCUT2D eigenvalue weighted by atomic mass is 32.2. The van der Waals surface area contributed by atoms with Crippen LogP contribution in [0.1, 0.15) is 10.4 Å². The van der Waals surface area contributed by atoms with Crippen LogP contribution in [0, 0.1) is 18.8 Å². The molecule has 21 heavy (non-hydrogen) atoms. The van der Waals surface area contributed by atoms with E-state index in [1.165, 1.54) is 16.7 Å². The second kappa shape index (κ2) is 5.96. The summed E-state index contributed by atoms with van der Waals surface area (Å²) in [5, 5.41) is 2.14. The smallest absolute Gasteiger partial charge is 0.208 e. The number of nitrogens with one attached hydrogen (secondary N) is 1. The second-order valence-electron chi connectivity index (χ2n) is 6.14. The van der Waals surface area contributed by atoms with Crippen molar-refractivity contribution in [1.82, 2.24) is 9.62 Å². The number of sulfonamides is 1. The molecule has 1 aromatic heterocycles. The van der Waals surface area contributed by atoms with Crippen molar-refractivity contribution in [3.05, 3.63) is 21.9 Å². The number of aryl methyl sites for hydroxylation is 1. The molecule has 2 aliphatic heterocycles. The zero-order chi connectivity index (χ0) is 15.0. The van der Waals surface area contributed by atoms with E-state index in [9.17, 15) is 8.42 Å². The van der Waals surface area contributed by atoms with Crippen molar-refractivity contribution in [3.8, 4) is 0 Å². The van der Waals surface area contributed by atoms with Crippen molar-refractivity contribution in [1.29, 1.82) is 0 Å². The third-order valence-electron chi connectivity index (χ3n) is 4.46. The van der Waals surface area contributed by atoms with Crippen LogP contribution >= 0.6 is 11.3 Å². The molecule has 118 valence electrons. The lowest BCUT2D eigenvalue weighted by atomic mass is 9.93. The van der Waals surface area contributed by atoms with Crippen molar-refractivity contribution >= 4 is 21.4 Å². The molecule has 1 aromatic rings. The Morgan fingerprint density at radius 3 is 2.95 bits per heavy atom. The Morgan fingerprint density at radius 2 is 2.29 bits per heavy atom. The molecule has 3 rings (SSSR count). The Labute approximate surface area is 130 Å². The average molecular weight is 330 g/mol. The maximum atomic E-state index is 11.2. The van der Waals surface area contributed by atoms with Gasteiger partial charge in [-0.25, -0.2) is 13.1 Å². The SMILES string of the molecule is Cc1ccsc1CN1C[C@H]2[C@H](CNS(C)(=O)=O)CO[C@H]2C1. The van der Waals surface area contributed by atoms with E-state index in [2.05, 4.69) is 28.0 Å². The third-order valence-corrected chi connectivity index (χ3v) is 6.16. The highest BCUT2D eigenvalue weighted by Gasteiger charge is 2.43. The summed E-state index contributed by atoms with van der Waals surface area (Å²) in [5.41, 5.74) is 1.35. The molecule has 1 N–H and O–H groups in total. The van der Waals surface area contributed by atoms with Crippen LogP contribution in [0.25, 0.3) is 0 Å². The fourth-order valence-corrected chi connectivity index (χ4v) is 4.71. The first-order valence-corrected chi connectivity index (χ1v) is 10.0. The molecular formula is C14H22N2O3S2. The number of fused-ring (bicyclic) bond motifs is 1. The highest BCUT2D eigenvalue weighted by Crippen LogP contribution is 2.34. The minimum atomic E-state index is -3.12. The van der Waals surface area contributed by atoms with E-state index < -0.39 is 10.0 Å². The molecule has 7 heteroatoms. The molecule has 0 amide bonds. The zero-order valence-corrected chi connectivity index (χ0v) is 14.0. The van der Waals surface area contributed by atoms with Crippen LogP contribution in [0.15, 0.2) is 11.4 Å². The Hall–Kier alpha value is -0.470. The van der Waals surface area contributed by atoms with Gasteiger partial charge in [-0.2, -0.15) is 0 Å². The number of ether oxygens (including phenoxy) is 1. The van der Waals surface area contributed by atoms with Gasteiger partial charge in [0.25, 0.3) is 0 Å². The lowest BCUT2D eigenvalue weighted by Crippen LogP contribution is -2.33. The molecule has 0 aliphatic carbocycles. The van der Waals surface area contributed by atoms with Crippen molar-refractivity contribution in [2.24, 2.45) is 11.8 Å². The van der Waals surface area contributed by atoms with Gasteiger partial charge in [0.2, 0.25) is 10.0 Å². The van der Waals surface area contributed by atoms with Gasteiger partial charge in [0.05, 0.1) is 19.0 Å². The first kappa shape index (κ1) is 15.4. The standard InChI is InChI=1S/C14H22N2O3S2/c1-10-3-4-20-14(10)8-16-6-12-11(5-15-21(2,17)18)9-19-13(12)7-16/h3-4,11-13,15H,5-9H2,1-2H3/t11-,12+,13+/m1/s1. The van der Waals surface area contributed by atoms with Crippen molar-refractivity contribution in [2.75, 3.05) is 32.5 Å². The highest BCUT2D eigenvalue weighted by molar-refractivity contribution is 7.88. The molecule has 0 radical (unpaired) electrons. The maximum absolute atomic E-state index is 11.2. The molecule has 5 nitrogen and oxygen atoms in total. The Morgan fingerprint density at radius 1 is 1.48 bits per heavy atom. The van der Waals surface area contributed by atoms with Gasteiger partial charge in [-0.3, -0.25) is 4.90 Å². The summed E-state index contributed by atoms with van der Waals surface area (Å²) in [4.78, 5) is 3.85. The Bertz CT molecular complexity index is 599. The molecule has 0 bridgehead atoms. The summed E-state index contributed by atoms with van der Waals surface area (Å²) in [6.45, 7) is 6.25. The van der Waals surface area contributed by atoms with E-state index in [0.717, 1.165) is 19.6 Å². The first-order chi connectivity index (χ1) is 9.92. The van der Waals surface area contributed by atoms with Crippen LogP contribution in [-0.4, -0.2) is 51.9 Å². The van der Waals surface area contributed by atoms with E-state index in [-0.39, 0.29) is 6.10 Å². The lowest BCUT2D eigenvalue weighted by Gasteiger charge is -2.19. The summed E-state index contributed by atoms with van der Waals surface area (Å²) < 4.78 is 30.9. The van der Waals surface area contributed by atoms with Gasteiger partial charge in [-0.1, -0.05) is 0 Å². The minimum absolute atomic E-state index is 0.261. The summed E-state index contributed by atoms with van der Waals surface area (Å²) >= 11 is 1.80. The van der Waals surface area contributed by atoms with Crippen molar-refractivity contribution < 1.29 is 13.2 Å². The molecule has 0 spiro atoms. The van der Waals surface area contributed by atoms with Gasteiger partial charge in [-0.15, -0.1) is 11.3 Å². The number of rotatable bonds is 5. The predicted octanol–water partition coefficient (Wildman–Crippen LogP) is 1.05. The van der Waals surface area contributed by atoms with E-state index in [1.807, 2.05) is 0 Å². The van der Waals surface area contributed by atoms with Gasteiger partial charge in [0.1, 0.15) is 0 Å². The van der Waals surface area contributed by atoms with Crippen LogP contribution in [0.4, 0.5) is 0 Å². The topological polar surface area (TPSA) is 58.6 Å². The molecule has 0 saturated carbocycles. The van der Waals surface area contributed by atoms with E-state index in [4.69, 9.17) is 4.74 Å². The van der Waals surface area contributed by atoms with Crippen molar-refractivity contribution in [3.63, 3.8) is 0 Å². The second-order valence-corrected chi connectivity index (χ2v) is 8.97. The maximum Gasteiger partial charge on any atom is 0.208 e. The van der Waals surface area contributed by atoms with Gasteiger partial charge < -0.3 is 4.74 Å². The molecular weight excluding hydrogens is 308 g/mol. The summed E-state index contributed by atoms with van der Waals surface area (Å²) in [7, 11) is -3.12. The van der Waals surface area contributed by atoms with E-state index in [0.29, 0.717) is 25.0 Å².